The van der Waals surface area contributed by atoms with E-state index in [9.17, 15) is 4.79 Å². The Morgan fingerprint density at radius 2 is 1.86 bits per heavy atom. The van der Waals surface area contributed by atoms with Crippen molar-refractivity contribution in [1.82, 2.24) is 9.88 Å². The van der Waals surface area contributed by atoms with E-state index in [1.165, 1.54) is 16.8 Å². The van der Waals surface area contributed by atoms with Gasteiger partial charge >= 0.3 is 0 Å². The number of amides is 1. The van der Waals surface area contributed by atoms with Gasteiger partial charge in [-0.1, -0.05) is 23.7 Å². The number of aromatic nitrogens is 1. The number of carbonyl (C=O) groups excluding carboxylic acids is 1. The molecule has 29 heavy (non-hydrogen) atoms. The maximum absolute atomic E-state index is 12.7. The molecule has 1 saturated heterocycles. The predicted molar refractivity (Wildman–Crippen MR) is 117 cm³/mol. The maximum atomic E-state index is 12.7. The lowest BCUT2D eigenvalue weighted by atomic mass is 10.1. The predicted octanol–water partition coefficient (Wildman–Crippen LogP) is 4.23. The molecule has 0 saturated carbocycles. The summed E-state index contributed by atoms with van der Waals surface area (Å²) in [6, 6.07) is 13.6. The first-order valence-electron chi connectivity index (χ1n) is 9.79. The Balaban J connectivity index is 1.37. The molecule has 2 heterocycles. The molecular formula is C23H24ClN3O2. The van der Waals surface area contributed by atoms with Gasteiger partial charge in [-0.25, -0.2) is 0 Å². The van der Waals surface area contributed by atoms with E-state index in [-0.39, 0.29) is 12.5 Å². The molecule has 5 nitrogen and oxygen atoms in total. The second-order valence-electron chi connectivity index (χ2n) is 7.32. The molecule has 0 N–H and O–H groups in total. The van der Waals surface area contributed by atoms with Crippen LogP contribution in [0.3, 0.4) is 0 Å². The van der Waals surface area contributed by atoms with Gasteiger partial charge in [0.1, 0.15) is 11.3 Å². The van der Waals surface area contributed by atoms with Gasteiger partial charge in [-0.15, -0.1) is 0 Å². The quantitative estimate of drug-likeness (QED) is 0.646. The van der Waals surface area contributed by atoms with E-state index in [0.29, 0.717) is 29.4 Å². The van der Waals surface area contributed by atoms with Gasteiger partial charge < -0.3 is 14.5 Å². The fraction of sp³-hybridized carbons (Fsp3) is 0.304. The van der Waals surface area contributed by atoms with Crippen LogP contribution in [-0.2, 0) is 4.79 Å². The number of hydrogen-bond acceptors (Lipinski definition) is 4. The molecule has 0 spiro atoms. The summed E-state index contributed by atoms with van der Waals surface area (Å²) < 4.78 is 5.81. The van der Waals surface area contributed by atoms with Gasteiger partial charge in [-0.3, -0.25) is 9.78 Å². The smallest absolute Gasteiger partial charge is 0.260 e. The number of halogens is 1. The Kier molecular flexibility index (Phi) is 5.58. The van der Waals surface area contributed by atoms with E-state index in [4.69, 9.17) is 16.3 Å². The molecule has 3 aromatic rings. The third-order valence-electron chi connectivity index (χ3n) is 5.58. The minimum atomic E-state index is -0.00959. The van der Waals surface area contributed by atoms with E-state index < -0.39 is 0 Å². The molecule has 2 aromatic carbocycles. The third-order valence-corrected chi connectivity index (χ3v) is 5.91. The highest BCUT2D eigenvalue weighted by Gasteiger charge is 2.23. The van der Waals surface area contributed by atoms with Crippen molar-refractivity contribution in [3.63, 3.8) is 0 Å². The summed E-state index contributed by atoms with van der Waals surface area (Å²) in [7, 11) is 0. The van der Waals surface area contributed by atoms with Gasteiger partial charge in [0.2, 0.25) is 0 Å². The molecule has 0 atom stereocenters. The van der Waals surface area contributed by atoms with Gasteiger partial charge in [0, 0.05) is 43.4 Å². The molecule has 0 radical (unpaired) electrons. The molecule has 6 heteroatoms. The Hall–Kier alpha value is -2.79. The molecule has 1 aliphatic heterocycles. The zero-order valence-electron chi connectivity index (χ0n) is 16.7. The van der Waals surface area contributed by atoms with Gasteiger partial charge in [0.15, 0.2) is 6.61 Å². The van der Waals surface area contributed by atoms with Gasteiger partial charge in [0.05, 0.1) is 5.02 Å². The van der Waals surface area contributed by atoms with Crippen LogP contribution in [0.1, 0.15) is 11.1 Å². The van der Waals surface area contributed by atoms with Gasteiger partial charge in [-0.05, 0) is 55.3 Å². The van der Waals surface area contributed by atoms with Crippen LogP contribution in [-0.4, -0.2) is 48.6 Å². The van der Waals surface area contributed by atoms with E-state index in [1.54, 1.807) is 18.3 Å². The molecule has 1 aliphatic rings. The number of piperazine rings is 1. The van der Waals surface area contributed by atoms with Crippen molar-refractivity contribution in [3.8, 4) is 5.75 Å². The first kappa shape index (κ1) is 19.5. The van der Waals surface area contributed by atoms with Crippen molar-refractivity contribution in [2.24, 2.45) is 0 Å². The molecule has 1 aromatic heterocycles. The number of anilines is 1. The number of nitrogens with zero attached hydrogens (tertiary/aromatic N) is 3. The van der Waals surface area contributed by atoms with Crippen molar-refractivity contribution in [3.05, 3.63) is 64.8 Å². The Labute approximate surface area is 175 Å². The average Bonchev–Trinajstić information content (AvgIpc) is 2.75. The number of aryl methyl sites for hydroxylation is 1. The van der Waals surface area contributed by atoms with Crippen molar-refractivity contribution >= 4 is 34.1 Å². The lowest BCUT2D eigenvalue weighted by Crippen LogP contribution is -2.50. The summed E-state index contributed by atoms with van der Waals surface area (Å²) in [4.78, 5) is 21.2. The second-order valence-corrected chi connectivity index (χ2v) is 7.73. The topological polar surface area (TPSA) is 45.7 Å². The van der Waals surface area contributed by atoms with Gasteiger partial charge in [0.25, 0.3) is 5.91 Å². The molecule has 4 rings (SSSR count). The van der Waals surface area contributed by atoms with Crippen molar-refractivity contribution in [1.29, 1.82) is 0 Å². The molecular weight excluding hydrogens is 386 g/mol. The monoisotopic (exact) mass is 409 g/mol. The first-order chi connectivity index (χ1) is 14.0. The highest BCUT2D eigenvalue weighted by atomic mass is 35.5. The first-order valence-corrected chi connectivity index (χ1v) is 10.2. The molecule has 0 unspecified atom stereocenters. The number of carbonyl (C=O) groups is 1. The van der Waals surface area contributed by atoms with Crippen LogP contribution in [0.2, 0.25) is 5.02 Å². The van der Waals surface area contributed by atoms with Crippen molar-refractivity contribution in [2.45, 2.75) is 13.8 Å². The van der Waals surface area contributed by atoms with Crippen LogP contribution >= 0.6 is 11.6 Å². The number of ether oxygens (including phenoxy) is 1. The van der Waals surface area contributed by atoms with E-state index in [1.807, 2.05) is 17.0 Å². The van der Waals surface area contributed by atoms with Crippen molar-refractivity contribution < 1.29 is 9.53 Å². The summed E-state index contributed by atoms with van der Waals surface area (Å²) in [5, 5.41) is 1.44. The number of fused-ring (bicyclic) bond motifs is 1. The van der Waals surface area contributed by atoms with Crippen LogP contribution < -0.4 is 9.64 Å². The van der Waals surface area contributed by atoms with Crippen LogP contribution in [0.4, 0.5) is 5.69 Å². The highest BCUT2D eigenvalue weighted by Crippen LogP contribution is 2.29. The SMILES string of the molecule is Cc1cccc(N2CCN(C(=O)COc3ccc(Cl)c4cccnc34)CC2)c1C. The molecule has 1 amide bonds. The number of rotatable bonds is 4. The molecule has 150 valence electrons. The fourth-order valence-electron chi connectivity index (χ4n) is 3.73. The zero-order valence-corrected chi connectivity index (χ0v) is 17.4. The highest BCUT2D eigenvalue weighted by molar-refractivity contribution is 6.35. The number of hydrogen-bond donors (Lipinski definition) is 0. The summed E-state index contributed by atoms with van der Waals surface area (Å²) in [6.45, 7) is 7.30. The summed E-state index contributed by atoms with van der Waals surface area (Å²) in [5.74, 6) is 0.567. The van der Waals surface area contributed by atoms with E-state index in [2.05, 4.69) is 41.9 Å². The maximum Gasteiger partial charge on any atom is 0.260 e. The molecule has 0 bridgehead atoms. The van der Waals surface area contributed by atoms with Gasteiger partial charge in [-0.2, -0.15) is 0 Å². The van der Waals surface area contributed by atoms with Crippen molar-refractivity contribution in [2.75, 3.05) is 37.7 Å². The summed E-state index contributed by atoms with van der Waals surface area (Å²) in [6.07, 6.45) is 1.69. The Morgan fingerprint density at radius 1 is 1.07 bits per heavy atom. The third kappa shape index (κ3) is 4.01. The Bertz CT molecular complexity index is 1050. The minimum absolute atomic E-state index is 0.00319. The van der Waals surface area contributed by atoms with Crippen LogP contribution in [0.25, 0.3) is 10.9 Å². The fourth-order valence-corrected chi connectivity index (χ4v) is 3.95. The van der Waals surface area contributed by atoms with Crippen LogP contribution in [0.15, 0.2) is 48.7 Å². The summed E-state index contributed by atoms with van der Waals surface area (Å²) >= 11 is 6.22. The summed E-state index contributed by atoms with van der Waals surface area (Å²) in [5.41, 5.74) is 4.52. The normalized spacial score (nSPS) is 14.3. The zero-order chi connectivity index (χ0) is 20.4. The Morgan fingerprint density at radius 3 is 2.66 bits per heavy atom. The second kappa shape index (κ2) is 8.29. The van der Waals surface area contributed by atoms with Crippen LogP contribution in [0.5, 0.6) is 5.75 Å². The molecule has 0 aliphatic carbocycles. The lowest BCUT2D eigenvalue weighted by molar-refractivity contribution is -0.133. The average molecular weight is 410 g/mol. The number of benzene rings is 2. The standard InChI is InChI=1S/C23H24ClN3O2/c1-16-5-3-7-20(17(16)2)26-11-13-27(14-12-26)22(28)15-29-21-9-8-19(24)18-6-4-10-25-23(18)21/h3-10H,11-15H2,1-2H3. The number of pyridine rings is 1. The molecule has 1 fully saturated rings. The van der Waals surface area contributed by atoms with Crippen LogP contribution in [0, 0.1) is 13.8 Å². The van der Waals surface area contributed by atoms with E-state index >= 15 is 0 Å². The minimum Gasteiger partial charge on any atom is -0.481 e. The lowest BCUT2D eigenvalue weighted by Gasteiger charge is -2.37. The van der Waals surface area contributed by atoms with E-state index in [0.717, 1.165) is 18.5 Å². The largest absolute Gasteiger partial charge is 0.481 e.